The van der Waals surface area contributed by atoms with Crippen LogP contribution in [0.5, 0.6) is 11.5 Å². The molecule has 3 aliphatic rings. The number of ketones is 1. The number of fused-ring (bicyclic) bond motifs is 1. The van der Waals surface area contributed by atoms with Gasteiger partial charge in [0.15, 0.2) is 23.9 Å². The smallest absolute Gasteiger partial charge is 0.387 e. The minimum Gasteiger partial charge on any atom is -0.619 e. The molecule has 1 saturated heterocycles. The molecule has 3 aromatic rings. The summed E-state index contributed by atoms with van der Waals surface area (Å²) in [6.07, 6.45) is 2.80. The molecule has 16 heteroatoms. The number of amides is 1. The quantitative estimate of drug-likeness (QED) is 0.0840. The van der Waals surface area contributed by atoms with Crippen molar-refractivity contribution in [3.63, 3.8) is 0 Å². The Hall–Kier alpha value is -4.24. The Bertz CT molecular complexity index is 1730. The molecule has 1 aromatic heterocycles. The van der Waals surface area contributed by atoms with Crippen LogP contribution in [0.15, 0.2) is 48.8 Å². The Morgan fingerprint density at radius 1 is 1.02 bits per heavy atom. The third-order valence-electron chi connectivity index (χ3n) is 8.48. The summed E-state index contributed by atoms with van der Waals surface area (Å²) in [5, 5.41) is 11.9. The van der Waals surface area contributed by atoms with Crippen molar-refractivity contribution in [1.29, 1.82) is 0 Å². The first kappa shape index (κ1) is 39.0. The van der Waals surface area contributed by atoms with Crippen LogP contribution in [0.4, 0.5) is 20.2 Å². The minimum absolute atomic E-state index is 0.00120. The molecule has 1 atom stereocenters. The topological polar surface area (TPSA) is 131 Å². The van der Waals surface area contributed by atoms with Gasteiger partial charge in [0.1, 0.15) is 22.7 Å². The lowest BCUT2D eigenvalue weighted by Crippen LogP contribution is -2.37. The van der Waals surface area contributed by atoms with Crippen molar-refractivity contribution < 1.29 is 51.6 Å². The van der Waals surface area contributed by atoms with Gasteiger partial charge in [-0.05, 0) is 68.5 Å². The van der Waals surface area contributed by atoms with Gasteiger partial charge >= 0.3 is 12.6 Å². The molecule has 0 bridgehead atoms. The normalized spacial score (nSPS) is 16.0. The number of halogens is 4. The Kier molecular flexibility index (Phi) is 13.5. The summed E-state index contributed by atoms with van der Waals surface area (Å²) >= 11 is 12.7. The maximum Gasteiger partial charge on any atom is 0.387 e. The molecule has 12 nitrogen and oxygen atoms in total. The van der Waals surface area contributed by atoms with E-state index < -0.39 is 36.9 Å². The van der Waals surface area contributed by atoms with E-state index in [0.29, 0.717) is 42.5 Å². The number of carbonyl (C=O) groups is 3. The van der Waals surface area contributed by atoms with Gasteiger partial charge in [0.05, 0.1) is 31.1 Å². The molecule has 3 heterocycles. The number of esters is 1. The lowest BCUT2D eigenvalue weighted by atomic mass is 10.0. The van der Waals surface area contributed by atoms with Crippen molar-refractivity contribution in [2.75, 3.05) is 62.5 Å². The Morgan fingerprint density at radius 3 is 2.33 bits per heavy atom. The number of morpholine rings is 1. The van der Waals surface area contributed by atoms with E-state index in [1.165, 1.54) is 18.2 Å². The highest BCUT2D eigenvalue weighted by Crippen LogP contribution is 2.38. The molecule has 1 amide bonds. The van der Waals surface area contributed by atoms with Gasteiger partial charge in [-0.25, -0.2) is 0 Å². The fourth-order valence-corrected chi connectivity index (χ4v) is 6.25. The van der Waals surface area contributed by atoms with E-state index in [4.69, 9.17) is 42.1 Å². The highest BCUT2D eigenvalue weighted by molar-refractivity contribution is 6.52. The lowest BCUT2D eigenvalue weighted by Gasteiger charge is -2.29. The molecule has 52 heavy (non-hydrogen) atoms. The summed E-state index contributed by atoms with van der Waals surface area (Å²) in [6.45, 7) is 4.53. The van der Waals surface area contributed by atoms with Crippen molar-refractivity contribution in [3.8, 4) is 11.5 Å². The van der Waals surface area contributed by atoms with Crippen LogP contribution >= 0.6 is 23.2 Å². The first-order valence-corrected chi connectivity index (χ1v) is 17.6. The zero-order chi connectivity index (χ0) is 37.4. The molecule has 1 aliphatic carbocycles. The van der Waals surface area contributed by atoms with Crippen molar-refractivity contribution in [3.05, 3.63) is 80.7 Å². The van der Waals surface area contributed by atoms with Crippen LogP contribution in [0.3, 0.4) is 0 Å². The number of ether oxygens (including phenoxy) is 5. The summed E-state index contributed by atoms with van der Waals surface area (Å²) in [5.41, 5.74) is 1.79. The van der Waals surface area contributed by atoms with E-state index in [-0.39, 0.29) is 51.4 Å². The monoisotopic (exact) mass is 765 g/mol. The summed E-state index contributed by atoms with van der Waals surface area (Å²) in [4.78, 5) is 42.5. The number of alkyl halides is 2. The van der Waals surface area contributed by atoms with Crippen LogP contribution < -0.4 is 24.0 Å². The molecule has 0 unspecified atom stereocenters. The van der Waals surface area contributed by atoms with Crippen LogP contribution in [-0.4, -0.2) is 76.9 Å². The van der Waals surface area contributed by atoms with Crippen molar-refractivity contribution in [2.45, 2.75) is 45.8 Å². The SMILES string of the molecule is CCOCC.O=C(CN1C(=O)C(=O)c2ccc(N3CCOCC3)cc21)O[C@@H](Cc1c(Cl)c[n+]([O-])cc1Cl)c1ccc(OC(F)F)c(OCC2CC2)c1. The number of hydrogen-bond acceptors (Lipinski definition) is 10. The van der Waals surface area contributed by atoms with Crippen molar-refractivity contribution in [1.82, 2.24) is 0 Å². The molecule has 1 saturated carbocycles. The number of benzene rings is 2. The minimum atomic E-state index is -3.11. The molecule has 0 spiro atoms. The van der Waals surface area contributed by atoms with Crippen LogP contribution in [0.25, 0.3) is 0 Å². The van der Waals surface area contributed by atoms with Gasteiger partial charge in [-0.3, -0.25) is 19.3 Å². The third kappa shape index (κ3) is 10.00. The fraction of sp³-hybridized carbons (Fsp3) is 0.444. The fourth-order valence-electron chi connectivity index (χ4n) is 5.65. The van der Waals surface area contributed by atoms with Crippen LogP contribution in [0, 0.1) is 11.1 Å². The van der Waals surface area contributed by atoms with Gasteiger partial charge in [0.2, 0.25) is 0 Å². The average molecular weight is 767 g/mol. The second kappa shape index (κ2) is 18.0. The standard InChI is InChI=1S/C32H29Cl2F2N3O8.C4H10O/c33-23-14-38(43)15-24(34)22(23)13-27(19-3-6-26(47-32(35)36)28(11-19)45-17-18-1-2-18)46-29(40)16-39-25-12-20(37-7-9-44-10-8-37)4-5-21(25)30(41)31(39)42;1-3-5-4-2/h3-6,11-12,14-15,18,27,32H,1-2,7-10,13,16-17H2;3-4H2,1-2H3/t27-;/m0./s1. The Labute approximate surface area is 309 Å². The van der Waals surface area contributed by atoms with E-state index in [0.717, 1.165) is 49.0 Å². The summed E-state index contributed by atoms with van der Waals surface area (Å²) in [7, 11) is 0. The second-order valence-corrected chi connectivity index (χ2v) is 12.9. The summed E-state index contributed by atoms with van der Waals surface area (Å²) in [6, 6.07) is 9.11. The van der Waals surface area contributed by atoms with Gasteiger partial charge in [-0.2, -0.15) is 13.5 Å². The van der Waals surface area contributed by atoms with E-state index in [1.807, 2.05) is 18.7 Å². The number of aromatic nitrogens is 1. The van der Waals surface area contributed by atoms with Crippen molar-refractivity contribution in [2.24, 2.45) is 5.92 Å². The number of carbonyl (C=O) groups excluding carboxylic acids is 3. The third-order valence-corrected chi connectivity index (χ3v) is 9.13. The Morgan fingerprint density at radius 2 is 1.71 bits per heavy atom. The predicted molar refractivity (Wildman–Crippen MR) is 188 cm³/mol. The highest BCUT2D eigenvalue weighted by Gasteiger charge is 2.38. The first-order chi connectivity index (χ1) is 25.0. The van der Waals surface area contributed by atoms with Gasteiger partial charge in [-0.15, -0.1) is 0 Å². The van der Waals surface area contributed by atoms with Gasteiger partial charge in [-0.1, -0.05) is 29.3 Å². The van der Waals surface area contributed by atoms with Crippen LogP contribution in [0.1, 0.15) is 54.3 Å². The van der Waals surface area contributed by atoms with E-state index in [1.54, 1.807) is 18.2 Å². The number of anilines is 2. The van der Waals surface area contributed by atoms with Gasteiger partial charge < -0.3 is 33.8 Å². The molecule has 2 aliphatic heterocycles. The first-order valence-electron chi connectivity index (χ1n) is 16.9. The molecule has 0 N–H and O–H groups in total. The zero-order valence-corrected chi connectivity index (χ0v) is 30.2. The van der Waals surface area contributed by atoms with Crippen molar-refractivity contribution >= 4 is 52.2 Å². The van der Waals surface area contributed by atoms with E-state index >= 15 is 0 Å². The van der Waals surface area contributed by atoms with Gasteiger partial charge in [0, 0.05) is 44.0 Å². The average Bonchev–Trinajstić information content (AvgIpc) is 3.92. The van der Waals surface area contributed by atoms with Crippen LogP contribution in [0.2, 0.25) is 10.0 Å². The molecular weight excluding hydrogens is 727 g/mol. The molecule has 2 aromatic carbocycles. The summed E-state index contributed by atoms with van der Waals surface area (Å²) < 4.78 is 53.4. The zero-order valence-electron chi connectivity index (χ0n) is 28.7. The maximum atomic E-state index is 13.5. The highest BCUT2D eigenvalue weighted by atomic mass is 35.5. The number of rotatable bonds is 14. The van der Waals surface area contributed by atoms with E-state index in [2.05, 4.69) is 4.74 Å². The molecule has 280 valence electrons. The van der Waals surface area contributed by atoms with Crippen LogP contribution in [-0.2, 0) is 30.2 Å². The second-order valence-electron chi connectivity index (χ2n) is 12.1. The number of nitrogens with zero attached hydrogens (tertiary/aromatic N) is 3. The summed E-state index contributed by atoms with van der Waals surface area (Å²) in [5.74, 6) is -2.41. The largest absolute Gasteiger partial charge is 0.619 e. The molecule has 6 rings (SSSR count). The number of pyridine rings is 1. The van der Waals surface area contributed by atoms with E-state index in [9.17, 15) is 28.4 Å². The number of hydrogen-bond donors (Lipinski definition) is 0. The Balaban J connectivity index is 0.000000979. The molecular formula is C36H39Cl2F2N3O9. The lowest BCUT2D eigenvalue weighted by molar-refractivity contribution is -0.605. The maximum absolute atomic E-state index is 13.5. The predicted octanol–water partition coefficient (Wildman–Crippen LogP) is 5.95. The number of Topliss-reactive ketones (excluding diaryl/α,β-unsaturated/α-hetero) is 1. The van der Waals surface area contributed by atoms with Gasteiger partial charge in [0.25, 0.3) is 11.7 Å². The molecule has 2 fully saturated rings. The molecule has 0 radical (unpaired) electrons.